The van der Waals surface area contributed by atoms with Gasteiger partial charge in [-0.05, 0) is 43.4 Å². The molecule has 5 nitrogen and oxygen atoms in total. The van der Waals surface area contributed by atoms with Crippen molar-refractivity contribution in [1.82, 2.24) is 10.6 Å². The van der Waals surface area contributed by atoms with Crippen LogP contribution in [-0.2, 0) is 10.3 Å². The first kappa shape index (κ1) is 14.2. The first-order chi connectivity index (χ1) is 10.2. The monoisotopic (exact) mass is 290 g/mol. The van der Waals surface area contributed by atoms with Crippen LogP contribution in [0.3, 0.4) is 0 Å². The summed E-state index contributed by atoms with van der Waals surface area (Å²) in [6.45, 7) is 1.34. The molecule has 1 saturated carbocycles. The van der Waals surface area contributed by atoms with Gasteiger partial charge in [-0.15, -0.1) is 0 Å². The Morgan fingerprint density at radius 3 is 2.90 bits per heavy atom. The molecule has 5 heteroatoms. The molecule has 2 amide bonds. The molecule has 2 N–H and O–H groups in total. The summed E-state index contributed by atoms with van der Waals surface area (Å²) in [5.41, 5.74) is 0.865. The van der Waals surface area contributed by atoms with E-state index in [1.807, 2.05) is 18.2 Å². The van der Waals surface area contributed by atoms with Gasteiger partial charge in [-0.2, -0.15) is 0 Å². The molecule has 1 aliphatic heterocycles. The van der Waals surface area contributed by atoms with E-state index >= 15 is 0 Å². The Labute approximate surface area is 125 Å². The molecule has 0 unspecified atom stereocenters. The van der Waals surface area contributed by atoms with Crippen LogP contribution in [0.5, 0.6) is 5.75 Å². The third-order valence-corrected chi connectivity index (χ3v) is 4.45. The zero-order valence-electron chi connectivity index (χ0n) is 12.4. The van der Waals surface area contributed by atoms with Crippen molar-refractivity contribution in [2.45, 2.75) is 37.3 Å². The van der Waals surface area contributed by atoms with Gasteiger partial charge in [0.05, 0.1) is 25.3 Å². The van der Waals surface area contributed by atoms with E-state index in [2.05, 4.69) is 16.7 Å². The van der Waals surface area contributed by atoms with Crippen molar-refractivity contribution in [3.8, 4) is 5.75 Å². The molecule has 3 rings (SSSR count). The number of ether oxygens (including phenoxy) is 2. The highest BCUT2D eigenvalue weighted by Crippen LogP contribution is 2.42. The van der Waals surface area contributed by atoms with Crippen LogP contribution in [0.15, 0.2) is 24.3 Å². The zero-order valence-corrected chi connectivity index (χ0v) is 12.4. The predicted octanol–water partition coefficient (Wildman–Crippen LogP) is 2.16. The number of urea groups is 1. The second kappa shape index (κ2) is 5.93. The zero-order chi connectivity index (χ0) is 14.7. The summed E-state index contributed by atoms with van der Waals surface area (Å²) in [6, 6.07) is 7.99. The maximum Gasteiger partial charge on any atom is 0.315 e. The van der Waals surface area contributed by atoms with Crippen LogP contribution in [0.1, 0.15) is 31.2 Å². The SMILES string of the molecule is COc1cccc(C2(NC(=O)N[C@@H]3CCOC3)CCC2)c1. The summed E-state index contributed by atoms with van der Waals surface area (Å²) < 4.78 is 10.6. The number of methoxy groups -OCH3 is 1. The predicted molar refractivity (Wildman–Crippen MR) is 79.4 cm³/mol. The van der Waals surface area contributed by atoms with Gasteiger partial charge in [0.2, 0.25) is 0 Å². The fraction of sp³-hybridized carbons (Fsp3) is 0.562. The largest absolute Gasteiger partial charge is 0.497 e. The molecule has 0 bridgehead atoms. The molecule has 1 saturated heterocycles. The van der Waals surface area contributed by atoms with Gasteiger partial charge in [0, 0.05) is 6.61 Å². The average molecular weight is 290 g/mol. The van der Waals surface area contributed by atoms with Gasteiger partial charge in [-0.25, -0.2) is 4.79 Å². The van der Waals surface area contributed by atoms with E-state index in [4.69, 9.17) is 9.47 Å². The first-order valence-electron chi connectivity index (χ1n) is 7.53. The summed E-state index contributed by atoms with van der Waals surface area (Å²) in [6.07, 6.45) is 3.95. The molecule has 2 aliphatic rings. The lowest BCUT2D eigenvalue weighted by Gasteiger charge is -2.43. The van der Waals surface area contributed by atoms with Gasteiger partial charge in [0.15, 0.2) is 0 Å². The van der Waals surface area contributed by atoms with E-state index in [1.165, 1.54) is 0 Å². The third-order valence-electron chi connectivity index (χ3n) is 4.45. The molecule has 2 fully saturated rings. The van der Waals surface area contributed by atoms with Crippen LogP contribution in [-0.4, -0.2) is 32.4 Å². The topological polar surface area (TPSA) is 59.6 Å². The lowest BCUT2D eigenvalue weighted by Crippen LogP contribution is -2.55. The highest BCUT2D eigenvalue weighted by Gasteiger charge is 2.40. The van der Waals surface area contributed by atoms with Crippen molar-refractivity contribution < 1.29 is 14.3 Å². The number of hydrogen-bond acceptors (Lipinski definition) is 3. The van der Waals surface area contributed by atoms with E-state index in [-0.39, 0.29) is 17.6 Å². The summed E-state index contributed by atoms with van der Waals surface area (Å²) in [5.74, 6) is 0.824. The van der Waals surface area contributed by atoms with Gasteiger partial charge in [-0.1, -0.05) is 12.1 Å². The molecule has 1 aliphatic carbocycles. The second-order valence-electron chi connectivity index (χ2n) is 5.83. The molecule has 0 radical (unpaired) electrons. The Kier molecular flexibility index (Phi) is 4.01. The minimum absolute atomic E-state index is 0.104. The Morgan fingerprint density at radius 2 is 2.29 bits per heavy atom. The number of carbonyl (C=O) groups excluding carboxylic acids is 1. The van der Waals surface area contributed by atoms with Crippen LogP contribution >= 0.6 is 0 Å². The van der Waals surface area contributed by atoms with E-state index in [0.717, 1.165) is 43.6 Å². The number of amides is 2. The van der Waals surface area contributed by atoms with Crippen molar-refractivity contribution in [1.29, 1.82) is 0 Å². The Bertz CT molecular complexity index is 508. The lowest BCUT2D eigenvalue weighted by atomic mass is 9.72. The highest BCUT2D eigenvalue weighted by molar-refractivity contribution is 5.75. The van der Waals surface area contributed by atoms with Crippen molar-refractivity contribution in [3.63, 3.8) is 0 Å². The van der Waals surface area contributed by atoms with Crippen LogP contribution < -0.4 is 15.4 Å². The van der Waals surface area contributed by atoms with Gasteiger partial charge >= 0.3 is 6.03 Å². The van der Waals surface area contributed by atoms with Crippen molar-refractivity contribution in [3.05, 3.63) is 29.8 Å². The van der Waals surface area contributed by atoms with Gasteiger partial charge in [0.25, 0.3) is 0 Å². The molecule has 1 atom stereocenters. The molecule has 1 heterocycles. The second-order valence-corrected chi connectivity index (χ2v) is 5.83. The number of benzene rings is 1. The summed E-state index contributed by atoms with van der Waals surface area (Å²) in [4.78, 5) is 12.2. The smallest absolute Gasteiger partial charge is 0.315 e. The number of rotatable bonds is 4. The number of nitrogens with one attached hydrogen (secondary N) is 2. The fourth-order valence-corrected chi connectivity index (χ4v) is 3.02. The Morgan fingerprint density at radius 1 is 1.43 bits per heavy atom. The van der Waals surface area contributed by atoms with Crippen LogP contribution in [0.4, 0.5) is 4.79 Å². The van der Waals surface area contributed by atoms with Crippen LogP contribution in [0.25, 0.3) is 0 Å². The van der Waals surface area contributed by atoms with E-state index in [0.29, 0.717) is 6.61 Å². The molecule has 114 valence electrons. The Hall–Kier alpha value is -1.75. The number of hydrogen-bond donors (Lipinski definition) is 2. The van der Waals surface area contributed by atoms with Gasteiger partial charge in [-0.3, -0.25) is 0 Å². The van der Waals surface area contributed by atoms with E-state index in [9.17, 15) is 4.79 Å². The molecule has 0 spiro atoms. The first-order valence-corrected chi connectivity index (χ1v) is 7.53. The van der Waals surface area contributed by atoms with Crippen molar-refractivity contribution in [2.75, 3.05) is 20.3 Å². The summed E-state index contributed by atoms with van der Waals surface area (Å²) in [5, 5.41) is 6.16. The molecule has 0 aromatic heterocycles. The normalized spacial score (nSPS) is 23.2. The fourth-order valence-electron chi connectivity index (χ4n) is 3.02. The average Bonchev–Trinajstić information content (AvgIpc) is 2.95. The van der Waals surface area contributed by atoms with Gasteiger partial charge in [0.1, 0.15) is 5.75 Å². The highest BCUT2D eigenvalue weighted by atomic mass is 16.5. The minimum atomic E-state index is -0.252. The standard InChI is InChI=1S/C16H22N2O3/c1-20-14-5-2-4-12(10-14)16(7-3-8-16)18-15(19)17-13-6-9-21-11-13/h2,4-5,10,13H,3,6-9,11H2,1H3,(H2,17,18,19)/t13-/m1/s1. The Balaban J connectivity index is 1.69. The quantitative estimate of drug-likeness (QED) is 0.893. The maximum atomic E-state index is 12.2. The van der Waals surface area contributed by atoms with Crippen molar-refractivity contribution in [2.24, 2.45) is 0 Å². The van der Waals surface area contributed by atoms with Crippen LogP contribution in [0.2, 0.25) is 0 Å². The van der Waals surface area contributed by atoms with E-state index in [1.54, 1.807) is 7.11 Å². The summed E-state index contributed by atoms with van der Waals surface area (Å²) in [7, 11) is 1.66. The molecule has 1 aromatic carbocycles. The van der Waals surface area contributed by atoms with Crippen molar-refractivity contribution >= 4 is 6.03 Å². The molecular weight excluding hydrogens is 268 g/mol. The number of carbonyl (C=O) groups is 1. The maximum absolute atomic E-state index is 12.2. The molecular formula is C16H22N2O3. The van der Waals surface area contributed by atoms with E-state index < -0.39 is 0 Å². The van der Waals surface area contributed by atoms with Crippen LogP contribution in [0, 0.1) is 0 Å². The summed E-state index contributed by atoms with van der Waals surface area (Å²) >= 11 is 0. The third kappa shape index (κ3) is 2.97. The van der Waals surface area contributed by atoms with Gasteiger partial charge < -0.3 is 20.1 Å². The minimum Gasteiger partial charge on any atom is -0.497 e. The molecule has 21 heavy (non-hydrogen) atoms. The molecule has 1 aromatic rings. The lowest BCUT2D eigenvalue weighted by molar-refractivity contribution is 0.169.